The smallest absolute Gasteiger partial charge is 0.311 e. The van der Waals surface area contributed by atoms with Crippen molar-refractivity contribution >= 4 is 28.4 Å². The second-order valence-corrected chi connectivity index (χ2v) is 7.94. The lowest BCUT2D eigenvalue weighted by Crippen LogP contribution is -2.35. The largest absolute Gasteiger partial charge is 0.481 e. The molecule has 7 nitrogen and oxygen atoms in total. The number of hydrogen-bond donors (Lipinski definition) is 1. The highest BCUT2D eigenvalue weighted by Gasteiger charge is 2.41. The van der Waals surface area contributed by atoms with Crippen molar-refractivity contribution in [2.75, 3.05) is 13.1 Å². The zero-order chi connectivity index (χ0) is 20.1. The molecule has 1 fully saturated rings. The summed E-state index contributed by atoms with van der Waals surface area (Å²) in [5, 5.41) is 15.0. The molecular formula is C21H24N4O3. The number of aryl methyl sites for hydroxylation is 2. The SMILES string of the molecule is Cc1nc2c3ccccc3nn2c(C)c1CCC(=O)N1CCC(C)(C(=O)O)C1. The number of amides is 1. The minimum Gasteiger partial charge on any atom is -0.481 e. The third-order valence-corrected chi connectivity index (χ3v) is 5.95. The molecule has 0 radical (unpaired) electrons. The van der Waals surface area contributed by atoms with E-state index in [1.54, 1.807) is 11.8 Å². The number of carboxylic acid groups (broad SMARTS) is 1. The third-order valence-electron chi connectivity index (χ3n) is 5.95. The van der Waals surface area contributed by atoms with Gasteiger partial charge < -0.3 is 10.0 Å². The molecular weight excluding hydrogens is 356 g/mol. The van der Waals surface area contributed by atoms with Crippen LogP contribution in [-0.4, -0.2) is 49.6 Å². The third kappa shape index (κ3) is 2.91. The molecule has 1 unspecified atom stereocenters. The van der Waals surface area contributed by atoms with Crippen molar-refractivity contribution in [2.45, 2.75) is 40.0 Å². The van der Waals surface area contributed by atoms with Gasteiger partial charge in [0.05, 0.1) is 10.9 Å². The number of fused-ring (bicyclic) bond motifs is 3. The van der Waals surface area contributed by atoms with Crippen LogP contribution >= 0.6 is 0 Å². The van der Waals surface area contributed by atoms with Gasteiger partial charge in [-0.1, -0.05) is 12.1 Å². The van der Waals surface area contributed by atoms with Crippen LogP contribution in [0.2, 0.25) is 0 Å². The lowest BCUT2D eigenvalue weighted by Gasteiger charge is -2.20. The van der Waals surface area contributed by atoms with Crippen LogP contribution in [0.4, 0.5) is 0 Å². The molecule has 1 aromatic carbocycles. The summed E-state index contributed by atoms with van der Waals surface area (Å²) < 4.78 is 1.86. The molecule has 1 saturated heterocycles. The van der Waals surface area contributed by atoms with Crippen molar-refractivity contribution < 1.29 is 14.7 Å². The van der Waals surface area contributed by atoms with Crippen molar-refractivity contribution in [2.24, 2.45) is 5.41 Å². The number of rotatable bonds is 4. The lowest BCUT2D eigenvalue weighted by atomic mass is 9.90. The summed E-state index contributed by atoms with van der Waals surface area (Å²) in [5.41, 5.74) is 3.81. The van der Waals surface area contributed by atoms with E-state index in [2.05, 4.69) is 5.10 Å². The predicted octanol–water partition coefficient (Wildman–Crippen LogP) is 2.76. The molecule has 1 aliphatic rings. The van der Waals surface area contributed by atoms with Crippen LogP contribution in [0.25, 0.3) is 16.6 Å². The van der Waals surface area contributed by atoms with Gasteiger partial charge in [-0.2, -0.15) is 5.10 Å². The molecule has 4 rings (SSSR count). The van der Waals surface area contributed by atoms with Crippen LogP contribution in [-0.2, 0) is 16.0 Å². The van der Waals surface area contributed by atoms with E-state index in [0.29, 0.717) is 25.8 Å². The van der Waals surface area contributed by atoms with E-state index in [1.807, 2.05) is 42.6 Å². The topological polar surface area (TPSA) is 87.8 Å². The molecule has 2 aromatic heterocycles. The van der Waals surface area contributed by atoms with Gasteiger partial charge in [-0.25, -0.2) is 9.50 Å². The van der Waals surface area contributed by atoms with Gasteiger partial charge in [0.2, 0.25) is 5.91 Å². The molecule has 1 aliphatic heterocycles. The van der Waals surface area contributed by atoms with Gasteiger partial charge in [0.15, 0.2) is 5.65 Å². The Morgan fingerprint density at radius 1 is 1.25 bits per heavy atom. The van der Waals surface area contributed by atoms with Crippen LogP contribution in [0.3, 0.4) is 0 Å². The van der Waals surface area contributed by atoms with Crippen LogP contribution in [0.15, 0.2) is 24.3 Å². The van der Waals surface area contributed by atoms with E-state index < -0.39 is 11.4 Å². The van der Waals surface area contributed by atoms with Crippen molar-refractivity contribution in [3.05, 3.63) is 41.2 Å². The van der Waals surface area contributed by atoms with Crippen molar-refractivity contribution in [3.63, 3.8) is 0 Å². The number of likely N-dealkylation sites (tertiary alicyclic amines) is 1. The molecule has 1 N–H and O–H groups in total. The molecule has 1 amide bonds. The van der Waals surface area contributed by atoms with Gasteiger partial charge in [0.25, 0.3) is 0 Å². The fourth-order valence-corrected chi connectivity index (χ4v) is 4.08. The van der Waals surface area contributed by atoms with Gasteiger partial charge in [-0.3, -0.25) is 9.59 Å². The van der Waals surface area contributed by atoms with Gasteiger partial charge in [0, 0.05) is 36.3 Å². The standard InChI is InChI=1S/C21H24N4O3/c1-13-15(8-9-18(26)24-11-10-21(3,12-24)20(27)28)14(2)25-19(22-13)16-6-4-5-7-17(16)23-25/h4-7H,8-12H2,1-3H3,(H,27,28). The average molecular weight is 380 g/mol. The summed E-state index contributed by atoms with van der Waals surface area (Å²) in [5.74, 6) is -0.843. The molecule has 146 valence electrons. The minimum absolute atomic E-state index is 0.00509. The Morgan fingerprint density at radius 3 is 2.71 bits per heavy atom. The van der Waals surface area contributed by atoms with Crippen molar-refractivity contribution in [3.8, 4) is 0 Å². The first-order valence-corrected chi connectivity index (χ1v) is 9.55. The van der Waals surface area contributed by atoms with Crippen molar-refractivity contribution in [1.29, 1.82) is 0 Å². The number of nitrogens with zero attached hydrogens (tertiary/aromatic N) is 4. The van der Waals surface area contributed by atoms with Crippen LogP contribution in [0.5, 0.6) is 0 Å². The number of carbonyl (C=O) groups excluding carboxylic acids is 1. The Morgan fingerprint density at radius 2 is 2.00 bits per heavy atom. The van der Waals surface area contributed by atoms with E-state index >= 15 is 0 Å². The average Bonchev–Trinajstić information content (AvgIpc) is 3.24. The van der Waals surface area contributed by atoms with E-state index in [0.717, 1.165) is 33.5 Å². The highest BCUT2D eigenvalue weighted by atomic mass is 16.4. The Kier molecular flexibility index (Phi) is 4.33. The van der Waals surface area contributed by atoms with E-state index in [9.17, 15) is 14.7 Å². The fourth-order valence-electron chi connectivity index (χ4n) is 4.08. The minimum atomic E-state index is -0.838. The number of carbonyl (C=O) groups is 2. The number of aromatic nitrogens is 3. The second-order valence-electron chi connectivity index (χ2n) is 7.94. The zero-order valence-electron chi connectivity index (χ0n) is 16.4. The molecule has 0 saturated carbocycles. The molecule has 0 bridgehead atoms. The van der Waals surface area contributed by atoms with Gasteiger partial charge in [-0.05, 0) is 51.3 Å². The maximum Gasteiger partial charge on any atom is 0.311 e. The Hall–Kier alpha value is -2.96. The Bertz CT molecular complexity index is 1100. The van der Waals surface area contributed by atoms with E-state index in [-0.39, 0.29) is 12.5 Å². The summed E-state index contributed by atoms with van der Waals surface area (Å²) >= 11 is 0. The summed E-state index contributed by atoms with van der Waals surface area (Å²) in [4.78, 5) is 30.5. The van der Waals surface area contributed by atoms with Gasteiger partial charge in [0.1, 0.15) is 0 Å². The number of benzene rings is 1. The molecule has 3 aromatic rings. The van der Waals surface area contributed by atoms with E-state index in [4.69, 9.17) is 4.98 Å². The Labute approximate surface area is 163 Å². The maximum absolute atomic E-state index is 12.6. The highest BCUT2D eigenvalue weighted by molar-refractivity contribution is 5.92. The fraction of sp³-hybridized carbons (Fsp3) is 0.429. The summed E-state index contributed by atoms with van der Waals surface area (Å²) in [6, 6.07) is 7.91. The van der Waals surface area contributed by atoms with Gasteiger partial charge >= 0.3 is 5.97 Å². The summed E-state index contributed by atoms with van der Waals surface area (Å²) in [6.07, 6.45) is 1.40. The number of carboxylic acids is 1. The number of hydrogen-bond acceptors (Lipinski definition) is 4. The first kappa shape index (κ1) is 18.4. The normalized spacial score (nSPS) is 19.6. The molecule has 7 heteroatoms. The van der Waals surface area contributed by atoms with E-state index in [1.165, 1.54) is 0 Å². The first-order chi connectivity index (χ1) is 13.3. The van der Waals surface area contributed by atoms with Crippen LogP contribution in [0.1, 0.15) is 36.7 Å². The molecule has 0 spiro atoms. The maximum atomic E-state index is 12.6. The molecule has 0 aliphatic carbocycles. The zero-order valence-corrected chi connectivity index (χ0v) is 16.4. The summed E-state index contributed by atoms with van der Waals surface area (Å²) in [6.45, 7) is 6.45. The van der Waals surface area contributed by atoms with Crippen molar-refractivity contribution in [1.82, 2.24) is 19.5 Å². The van der Waals surface area contributed by atoms with Crippen LogP contribution in [0, 0.1) is 19.3 Å². The summed E-state index contributed by atoms with van der Waals surface area (Å²) in [7, 11) is 0. The predicted molar refractivity (Wildman–Crippen MR) is 105 cm³/mol. The molecule has 1 atom stereocenters. The highest BCUT2D eigenvalue weighted by Crippen LogP contribution is 2.31. The molecule has 28 heavy (non-hydrogen) atoms. The Balaban J connectivity index is 1.56. The molecule has 3 heterocycles. The first-order valence-electron chi connectivity index (χ1n) is 9.55. The second kappa shape index (κ2) is 6.58. The van der Waals surface area contributed by atoms with Gasteiger partial charge in [-0.15, -0.1) is 0 Å². The lowest BCUT2D eigenvalue weighted by molar-refractivity contribution is -0.147. The quantitative estimate of drug-likeness (QED) is 0.752. The number of aliphatic carboxylic acids is 1. The monoisotopic (exact) mass is 380 g/mol. The van der Waals surface area contributed by atoms with Crippen LogP contribution < -0.4 is 0 Å².